The molecule has 0 aromatic carbocycles. The Balaban J connectivity index is 1.79. The van der Waals surface area contributed by atoms with E-state index in [1.54, 1.807) is 30.3 Å². The first-order valence-corrected chi connectivity index (χ1v) is 6.61. The number of nitrogens with one attached hydrogen (secondary N) is 3. The summed E-state index contributed by atoms with van der Waals surface area (Å²) in [5.74, 6) is 1.15. The number of aromatic amines is 1. The smallest absolute Gasteiger partial charge is 0.243 e. The molecular weight excluding hydrogens is 272 g/mol. The van der Waals surface area contributed by atoms with Crippen LogP contribution in [-0.2, 0) is 0 Å². The van der Waals surface area contributed by atoms with Crippen molar-refractivity contribution in [3.63, 3.8) is 0 Å². The summed E-state index contributed by atoms with van der Waals surface area (Å²) < 4.78 is 7.08. The Kier molecular flexibility index (Phi) is 2.71. The third-order valence-electron chi connectivity index (χ3n) is 3.44. The van der Waals surface area contributed by atoms with Gasteiger partial charge in [-0.05, 0) is 0 Å². The van der Waals surface area contributed by atoms with Gasteiger partial charge in [0.25, 0.3) is 0 Å². The quantitative estimate of drug-likeness (QED) is 0.615. The van der Waals surface area contributed by atoms with Crippen molar-refractivity contribution in [2.45, 2.75) is 6.04 Å². The van der Waals surface area contributed by atoms with Gasteiger partial charge in [-0.25, -0.2) is 4.98 Å². The van der Waals surface area contributed by atoms with Gasteiger partial charge in [-0.2, -0.15) is 14.6 Å². The molecular formula is C12H14N8O. The highest BCUT2D eigenvalue weighted by molar-refractivity contribution is 5.73. The highest BCUT2D eigenvalue weighted by Gasteiger charge is 2.20. The van der Waals surface area contributed by atoms with Crippen LogP contribution < -0.4 is 15.4 Å². The van der Waals surface area contributed by atoms with Crippen LogP contribution in [-0.4, -0.2) is 56.0 Å². The SMILES string of the molecule is COc1c(-c2cn[nH]c2)ncn2nc(NC3CNC3)nc12. The highest BCUT2D eigenvalue weighted by atomic mass is 16.5. The molecule has 0 saturated carbocycles. The number of H-pyrrole nitrogens is 1. The standard InChI is InChI=1S/C12H14N8O/c1-21-10-9(7-2-15-16-3-7)14-6-20-11(10)18-12(19-20)17-8-4-13-5-8/h2-3,6,8,13H,4-5H2,1H3,(H,15,16)(H,17,19). The van der Waals surface area contributed by atoms with Gasteiger partial charge < -0.3 is 15.4 Å². The summed E-state index contributed by atoms with van der Waals surface area (Å²) in [6.45, 7) is 1.84. The van der Waals surface area contributed by atoms with E-state index in [0.717, 1.165) is 18.7 Å². The maximum atomic E-state index is 5.47. The molecule has 9 heteroatoms. The average molecular weight is 286 g/mol. The van der Waals surface area contributed by atoms with Gasteiger partial charge >= 0.3 is 0 Å². The molecule has 1 aliphatic rings. The zero-order chi connectivity index (χ0) is 14.2. The van der Waals surface area contributed by atoms with Crippen molar-refractivity contribution in [1.29, 1.82) is 0 Å². The van der Waals surface area contributed by atoms with Gasteiger partial charge in [0.15, 0.2) is 5.75 Å². The van der Waals surface area contributed by atoms with E-state index < -0.39 is 0 Å². The molecule has 0 unspecified atom stereocenters. The lowest BCUT2D eigenvalue weighted by Crippen LogP contribution is -2.51. The molecule has 0 spiro atoms. The van der Waals surface area contributed by atoms with Crippen LogP contribution in [0.4, 0.5) is 5.95 Å². The van der Waals surface area contributed by atoms with Gasteiger partial charge in [0.1, 0.15) is 12.0 Å². The number of nitrogens with zero attached hydrogens (tertiary/aromatic N) is 5. The molecule has 108 valence electrons. The van der Waals surface area contributed by atoms with Crippen molar-refractivity contribution in [2.75, 3.05) is 25.5 Å². The number of anilines is 1. The number of fused-ring (bicyclic) bond motifs is 1. The van der Waals surface area contributed by atoms with Crippen molar-refractivity contribution in [3.8, 4) is 17.0 Å². The molecule has 0 amide bonds. The van der Waals surface area contributed by atoms with E-state index in [2.05, 4.69) is 35.9 Å². The number of aromatic nitrogens is 6. The largest absolute Gasteiger partial charge is 0.491 e. The molecule has 4 heterocycles. The van der Waals surface area contributed by atoms with Gasteiger partial charge in [0.2, 0.25) is 11.6 Å². The Labute approximate surface area is 119 Å². The Bertz CT molecular complexity index is 761. The predicted octanol–water partition coefficient (Wildman–Crippen LogP) is -0.0933. The molecule has 1 aliphatic heterocycles. The van der Waals surface area contributed by atoms with Crippen molar-refractivity contribution in [2.24, 2.45) is 0 Å². The van der Waals surface area contributed by atoms with E-state index in [1.807, 2.05) is 0 Å². The molecule has 0 aliphatic carbocycles. The minimum atomic E-state index is 0.370. The Morgan fingerprint density at radius 1 is 1.43 bits per heavy atom. The van der Waals surface area contributed by atoms with E-state index in [-0.39, 0.29) is 0 Å². The first-order valence-electron chi connectivity index (χ1n) is 6.61. The van der Waals surface area contributed by atoms with Gasteiger partial charge in [0, 0.05) is 24.8 Å². The highest BCUT2D eigenvalue weighted by Crippen LogP contribution is 2.30. The van der Waals surface area contributed by atoms with Crippen LogP contribution in [0.25, 0.3) is 16.9 Å². The normalized spacial score (nSPS) is 15.1. The fraction of sp³-hybridized carbons (Fsp3) is 0.333. The van der Waals surface area contributed by atoms with Crippen LogP contribution in [0.15, 0.2) is 18.7 Å². The number of hydrogen-bond donors (Lipinski definition) is 3. The van der Waals surface area contributed by atoms with E-state index in [9.17, 15) is 0 Å². The van der Waals surface area contributed by atoms with Crippen molar-refractivity contribution in [1.82, 2.24) is 35.1 Å². The van der Waals surface area contributed by atoms with Gasteiger partial charge in [-0.3, -0.25) is 5.10 Å². The molecule has 3 aromatic rings. The van der Waals surface area contributed by atoms with Gasteiger partial charge in [-0.15, -0.1) is 5.10 Å². The molecule has 3 N–H and O–H groups in total. The Hall–Kier alpha value is -2.68. The summed E-state index contributed by atoms with van der Waals surface area (Å²) in [5.41, 5.74) is 2.15. The summed E-state index contributed by atoms with van der Waals surface area (Å²) in [5, 5.41) is 17.5. The topological polar surface area (TPSA) is 105 Å². The third-order valence-corrected chi connectivity index (χ3v) is 3.44. The van der Waals surface area contributed by atoms with Crippen LogP contribution in [0.3, 0.4) is 0 Å². The fourth-order valence-electron chi connectivity index (χ4n) is 2.24. The summed E-state index contributed by atoms with van der Waals surface area (Å²) in [6, 6.07) is 0.370. The van der Waals surface area contributed by atoms with E-state index >= 15 is 0 Å². The molecule has 0 bridgehead atoms. The Morgan fingerprint density at radius 2 is 2.33 bits per heavy atom. The predicted molar refractivity (Wildman–Crippen MR) is 75.2 cm³/mol. The van der Waals surface area contributed by atoms with E-state index in [1.165, 1.54) is 0 Å². The van der Waals surface area contributed by atoms with E-state index in [0.29, 0.717) is 29.1 Å². The number of methoxy groups -OCH3 is 1. The fourth-order valence-corrected chi connectivity index (χ4v) is 2.24. The van der Waals surface area contributed by atoms with Crippen molar-refractivity contribution < 1.29 is 4.74 Å². The second-order valence-electron chi connectivity index (χ2n) is 4.82. The zero-order valence-electron chi connectivity index (χ0n) is 11.4. The van der Waals surface area contributed by atoms with Crippen LogP contribution in [0.2, 0.25) is 0 Å². The zero-order valence-corrected chi connectivity index (χ0v) is 11.4. The number of ether oxygens (including phenoxy) is 1. The second-order valence-corrected chi connectivity index (χ2v) is 4.82. The van der Waals surface area contributed by atoms with Crippen molar-refractivity contribution >= 4 is 11.6 Å². The molecule has 9 nitrogen and oxygen atoms in total. The molecule has 3 aromatic heterocycles. The summed E-state index contributed by atoms with van der Waals surface area (Å²) in [7, 11) is 1.60. The second kappa shape index (κ2) is 4.70. The maximum absolute atomic E-state index is 5.47. The van der Waals surface area contributed by atoms with Gasteiger partial charge in [0.05, 0.1) is 19.3 Å². The summed E-state index contributed by atoms with van der Waals surface area (Å²) >= 11 is 0. The number of rotatable bonds is 4. The lowest BCUT2D eigenvalue weighted by molar-refractivity contribution is 0.416. The number of hydrogen-bond acceptors (Lipinski definition) is 7. The average Bonchev–Trinajstić information content (AvgIpc) is 3.10. The monoisotopic (exact) mass is 286 g/mol. The Morgan fingerprint density at radius 3 is 3.00 bits per heavy atom. The minimum Gasteiger partial charge on any atom is -0.491 e. The summed E-state index contributed by atoms with van der Waals surface area (Å²) in [6.07, 6.45) is 5.07. The van der Waals surface area contributed by atoms with Gasteiger partial charge in [-0.1, -0.05) is 0 Å². The van der Waals surface area contributed by atoms with Crippen LogP contribution in [0.5, 0.6) is 5.75 Å². The first-order chi connectivity index (χ1) is 10.3. The van der Waals surface area contributed by atoms with E-state index in [4.69, 9.17) is 4.74 Å². The minimum absolute atomic E-state index is 0.370. The van der Waals surface area contributed by atoms with Crippen LogP contribution >= 0.6 is 0 Å². The lowest BCUT2D eigenvalue weighted by Gasteiger charge is -2.27. The molecule has 1 fully saturated rings. The molecule has 1 saturated heterocycles. The molecule has 4 rings (SSSR count). The molecule has 0 atom stereocenters. The first kappa shape index (κ1) is 12.1. The van der Waals surface area contributed by atoms with Crippen molar-refractivity contribution in [3.05, 3.63) is 18.7 Å². The maximum Gasteiger partial charge on any atom is 0.243 e. The van der Waals surface area contributed by atoms with Crippen LogP contribution in [0, 0.1) is 0 Å². The molecule has 21 heavy (non-hydrogen) atoms. The third kappa shape index (κ3) is 1.98. The lowest BCUT2D eigenvalue weighted by atomic mass is 10.2. The molecule has 0 radical (unpaired) electrons. The summed E-state index contributed by atoms with van der Waals surface area (Å²) in [4.78, 5) is 8.88. The van der Waals surface area contributed by atoms with Crippen LogP contribution in [0.1, 0.15) is 0 Å².